The number of carbonyl (C=O) groups excluding carboxylic acids is 1. The number of nitrogens with one attached hydrogen (secondary N) is 1. The van der Waals surface area contributed by atoms with E-state index >= 15 is 0 Å². The van der Waals surface area contributed by atoms with E-state index in [1.165, 1.54) is 0 Å². The molecule has 4 rings (SSSR count). The summed E-state index contributed by atoms with van der Waals surface area (Å²) in [6, 6.07) is 10.1. The highest BCUT2D eigenvalue weighted by molar-refractivity contribution is 5.95. The van der Waals surface area contributed by atoms with E-state index in [0.717, 1.165) is 52.3 Å². The van der Waals surface area contributed by atoms with Gasteiger partial charge in [-0.15, -0.1) is 0 Å². The Hall–Kier alpha value is -2.49. The zero-order valence-corrected chi connectivity index (χ0v) is 13.1. The highest BCUT2D eigenvalue weighted by Gasteiger charge is 2.27. The van der Waals surface area contributed by atoms with Crippen LogP contribution < -0.4 is 14.8 Å². The Morgan fingerprint density at radius 3 is 2.91 bits per heavy atom. The predicted octanol–water partition coefficient (Wildman–Crippen LogP) is 3.05. The van der Waals surface area contributed by atoms with E-state index in [1.54, 1.807) is 0 Å². The van der Waals surface area contributed by atoms with Crippen molar-refractivity contribution in [3.8, 4) is 11.5 Å². The molecule has 4 heteroatoms. The third kappa shape index (κ3) is 2.65. The summed E-state index contributed by atoms with van der Waals surface area (Å²) >= 11 is 0. The van der Waals surface area contributed by atoms with Gasteiger partial charge in [0.2, 0.25) is 5.91 Å². The number of rotatable bonds is 3. The molecule has 2 aliphatic heterocycles. The lowest BCUT2D eigenvalue weighted by atomic mass is 10.0. The molecule has 0 aliphatic carbocycles. The van der Waals surface area contributed by atoms with Crippen LogP contribution in [0.15, 0.2) is 30.3 Å². The molecule has 2 aromatic carbocycles. The Labute approximate surface area is 135 Å². The van der Waals surface area contributed by atoms with Gasteiger partial charge in [-0.1, -0.05) is 29.8 Å². The summed E-state index contributed by atoms with van der Waals surface area (Å²) in [6.07, 6.45) is 2.04. The van der Waals surface area contributed by atoms with E-state index in [-0.39, 0.29) is 5.91 Å². The minimum atomic E-state index is -0.0198. The van der Waals surface area contributed by atoms with Gasteiger partial charge in [-0.2, -0.15) is 0 Å². The Morgan fingerprint density at radius 2 is 2.04 bits per heavy atom. The van der Waals surface area contributed by atoms with E-state index < -0.39 is 0 Å². The first kappa shape index (κ1) is 14.1. The summed E-state index contributed by atoms with van der Waals surface area (Å²) in [6.45, 7) is 3.36. The fourth-order valence-corrected chi connectivity index (χ4v) is 3.31. The second kappa shape index (κ2) is 5.61. The van der Waals surface area contributed by atoms with Crippen molar-refractivity contribution in [2.45, 2.75) is 26.2 Å². The predicted molar refractivity (Wildman–Crippen MR) is 88.4 cm³/mol. The van der Waals surface area contributed by atoms with Crippen molar-refractivity contribution in [2.75, 3.05) is 18.5 Å². The van der Waals surface area contributed by atoms with E-state index in [2.05, 4.69) is 11.4 Å². The minimum absolute atomic E-state index is 0.0198. The van der Waals surface area contributed by atoms with Gasteiger partial charge in [-0.25, -0.2) is 0 Å². The summed E-state index contributed by atoms with van der Waals surface area (Å²) in [5.74, 6) is 1.69. The summed E-state index contributed by atoms with van der Waals surface area (Å²) in [5.41, 5.74) is 5.17. The van der Waals surface area contributed by atoms with Gasteiger partial charge in [0.05, 0.1) is 25.3 Å². The average Bonchev–Trinajstić information content (AvgIpc) is 3.15. The van der Waals surface area contributed by atoms with Gasteiger partial charge < -0.3 is 14.8 Å². The number of fused-ring (bicyclic) bond motifs is 2. The molecule has 0 bridgehead atoms. The lowest BCUT2D eigenvalue weighted by Gasteiger charge is -2.14. The van der Waals surface area contributed by atoms with Gasteiger partial charge in [0, 0.05) is 24.0 Å². The molecule has 2 heterocycles. The van der Waals surface area contributed by atoms with Gasteiger partial charge in [-0.3, -0.25) is 4.79 Å². The number of anilines is 1. The number of ether oxygens (including phenoxy) is 2. The third-order valence-corrected chi connectivity index (χ3v) is 4.36. The molecular weight excluding hydrogens is 290 g/mol. The second-order valence-corrected chi connectivity index (χ2v) is 6.13. The average molecular weight is 309 g/mol. The minimum Gasteiger partial charge on any atom is -0.493 e. The number of benzene rings is 2. The Kier molecular flexibility index (Phi) is 3.45. The molecule has 0 spiro atoms. The molecule has 23 heavy (non-hydrogen) atoms. The van der Waals surface area contributed by atoms with Crippen molar-refractivity contribution < 1.29 is 14.3 Å². The fraction of sp³-hybridized carbons (Fsp3) is 0.316. The third-order valence-electron chi connectivity index (χ3n) is 4.36. The Bertz CT molecular complexity index is 750. The van der Waals surface area contributed by atoms with Crippen molar-refractivity contribution in [1.82, 2.24) is 0 Å². The molecule has 2 aliphatic rings. The van der Waals surface area contributed by atoms with Crippen LogP contribution in [0.3, 0.4) is 0 Å². The van der Waals surface area contributed by atoms with Crippen molar-refractivity contribution in [3.63, 3.8) is 0 Å². The summed E-state index contributed by atoms with van der Waals surface area (Å²) in [5, 5.41) is 3.07. The van der Waals surface area contributed by atoms with Crippen LogP contribution >= 0.6 is 0 Å². The zero-order chi connectivity index (χ0) is 15.8. The van der Waals surface area contributed by atoms with Crippen LogP contribution in [0.25, 0.3) is 0 Å². The first-order chi connectivity index (χ1) is 11.2. The SMILES string of the molecule is Cc1cccc(CC(=O)Nc2c3c(cc4c2OCC4)OCC3)c1. The number of aryl methyl sites for hydroxylation is 1. The lowest BCUT2D eigenvalue weighted by molar-refractivity contribution is -0.115. The maximum absolute atomic E-state index is 12.5. The normalized spacial score (nSPS) is 14.7. The first-order valence-electron chi connectivity index (χ1n) is 8.00. The summed E-state index contributed by atoms with van der Waals surface area (Å²) in [4.78, 5) is 12.5. The molecular formula is C19H19NO3. The van der Waals surface area contributed by atoms with Crippen molar-refractivity contribution in [2.24, 2.45) is 0 Å². The zero-order valence-electron chi connectivity index (χ0n) is 13.1. The van der Waals surface area contributed by atoms with E-state index in [4.69, 9.17) is 9.47 Å². The van der Waals surface area contributed by atoms with Gasteiger partial charge in [0.25, 0.3) is 0 Å². The summed E-state index contributed by atoms with van der Waals surface area (Å²) < 4.78 is 11.4. The van der Waals surface area contributed by atoms with Crippen LogP contribution in [-0.2, 0) is 24.1 Å². The molecule has 118 valence electrons. The fourth-order valence-electron chi connectivity index (χ4n) is 3.31. The molecule has 0 unspecified atom stereocenters. The molecule has 0 saturated carbocycles. The number of amides is 1. The van der Waals surface area contributed by atoms with E-state index in [9.17, 15) is 4.79 Å². The maximum atomic E-state index is 12.5. The van der Waals surface area contributed by atoms with Crippen molar-refractivity contribution in [3.05, 3.63) is 52.6 Å². The topological polar surface area (TPSA) is 47.6 Å². The molecule has 0 fully saturated rings. The van der Waals surface area contributed by atoms with Crippen LogP contribution in [0.2, 0.25) is 0 Å². The highest BCUT2D eigenvalue weighted by atomic mass is 16.5. The molecule has 1 N–H and O–H groups in total. The van der Waals surface area contributed by atoms with Crippen molar-refractivity contribution >= 4 is 11.6 Å². The molecule has 0 aromatic heterocycles. The van der Waals surface area contributed by atoms with Gasteiger partial charge in [0.15, 0.2) is 0 Å². The number of carbonyl (C=O) groups is 1. The Balaban J connectivity index is 1.60. The van der Waals surface area contributed by atoms with E-state index in [1.807, 2.05) is 31.2 Å². The molecule has 0 saturated heterocycles. The van der Waals surface area contributed by atoms with E-state index in [0.29, 0.717) is 19.6 Å². The van der Waals surface area contributed by atoms with Crippen LogP contribution in [0.5, 0.6) is 11.5 Å². The van der Waals surface area contributed by atoms with Gasteiger partial charge in [0.1, 0.15) is 11.5 Å². The van der Waals surface area contributed by atoms with Crippen molar-refractivity contribution in [1.29, 1.82) is 0 Å². The second-order valence-electron chi connectivity index (χ2n) is 6.13. The van der Waals surface area contributed by atoms with Crippen LogP contribution in [0, 0.1) is 6.92 Å². The van der Waals surface area contributed by atoms with Crippen LogP contribution in [-0.4, -0.2) is 19.1 Å². The molecule has 0 radical (unpaired) electrons. The maximum Gasteiger partial charge on any atom is 0.228 e. The highest BCUT2D eigenvalue weighted by Crippen LogP contribution is 2.44. The summed E-state index contributed by atoms with van der Waals surface area (Å²) in [7, 11) is 0. The van der Waals surface area contributed by atoms with Crippen LogP contribution in [0.1, 0.15) is 22.3 Å². The molecule has 2 aromatic rings. The van der Waals surface area contributed by atoms with Gasteiger partial charge in [-0.05, 0) is 18.6 Å². The number of hydrogen-bond donors (Lipinski definition) is 1. The molecule has 4 nitrogen and oxygen atoms in total. The monoisotopic (exact) mass is 309 g/mol. The lowest BCUT2D eigenvalue weighted by Crippen LogP contribution is -2.16. The largest absolute Gasteiger partial charge is 0.493 e. The van der Waals surface area contributed by atoms with Gasteiger partial charge >= 0.3 is 0 Å². The molecule has 1 amide bonds. The standard InChI is InChI=1S/C19H19NO3/c1-12-3-2-4-13(9-12)10-17(21)20-18-15-6-8-22-16(15)11-14-5-7-23-19(14)18/h2-4,9,11H,5-8,10H2,1H3,(H,20,21). The smallest absolute Gasteiger partial charge is 0.228 e. The number of hydrogen-bond acceptors (Lipinski definition) is 3. The quantitative estimate of drug-likeness (QED) is 0.948. The first-order valence-corrected chi connectivity index (χ1v) is 8.00. The van der Waals surface area contributed by atoms with Crippen LogP contribution in [0.4, 0.5) is 5.69 Å². The molecule has 0 atom stereocenters. The Morgan fingerprint density at radius 1 is 1.17 bits per heavy atom.